The molecule has 0 bridgehead atoms. The van der Waals surface area contributed by atoms with E-state index in [0.29, 0.717) is 42.8 Å². The van der Waals surface area contributed by atoms with E-state index in [1.165, 1.54) is 0 Å². The number of hydrogen-bond donors (Lipinski definition) is 1. The molecule has 0 radical (unpaired) electrons. The number of hydrogen-bond acceptors (Lipinski definition) is 4. The van der Waals surface area contributed by atoms with Crippen molar-refractivity contribution in [2.45, 2.75) is 19.5 Å². The maximum absolute atomic E-state index is 12.4. The molecule has 0 saturated heterocycles. The lowest BCUT2D eigenvalue weighted by Gasteiger charge is -2.20. The Balaban J connectivity index is 1.40. The first-order chi connectivity index (χ1) is 13.7. The van der Waals surface area contributed by atoms with Crippen LogP contribution in [0.1, 0.15) is 16.7 Å². The molecule has 1 amide bonds. The summed E-state index contributed by atoms with van der Waals surface area (Å²) in [7, 11) is 0. The Hall–Kier alpha value is -2.99. The second-order valence-electron chi connectivity index (χ2n) is 6.53. The van der Waals surface area contributed by atoms with E-state index in [0.717, 1.165) is 16.7 Å². The minimum absolute atomic E-state index is 0.0818. The Bertz CT molecular complexity index is 973. The molecule has 2 heterocycles. The van der Waals surface area contributed by atoms with Crippen molar-refractivity contribution in [2.24, 2.45) is 0 Å². The second-order valence-corrected chi connectivity index (χ2v) is 6.93. The third-order valence-corrected chi connectivity index (χ3v) is 4.79. The van der Waals surface area contributed by atoms with E-state index in [2.05, 4.69) is 10.4 Å². The van der Waals surface area contributed by atoms with Gasteiger partial charge in [-0.3, -0.25) is 9.48 Å². The predicted molar refractivity (Wildman–Crippen MR) is 106 cm³/mol. The fourth-order valence-corrected chi connectivity index (χ4v) is 3.45. The van der Waals surface area contributed by atoms with Gasteiger partial charge in [-0.05, 0) is 34.9 Å². The molecule has 3 aromatic rings. The van der Waals surface area contributed by atoms with Gasteiger partial charge in [0.1, 0.15) is 13.2 Å². The molecule has 1 aromatic heterocycles. The summed E-state index contributed by atoms with van der Waals surface area (Å²) < 4.78 is 12.9. The van der Waals surface area contributed by atoms with E-state index >= 15 is 0 Å². The van der Waals surface area contributed by atoms with Crippen molar-refractivity contribution in [3.8, 4) is 11.5 Å². The highest BCUT2D eigenvalue weighted by Gasteiger charge is 2.17. The number of nitrogens with zero attached hydrogens (tertiary/aromatic N) is 2. The first-order valence-electron chi connectivity index (χ1n) is 9.08. The van der Waals surface area contributed by atoms with E-state index in [-0.39, 0.29) is 12.3 Å². The van der Waals surface area contributed by atoms with Crippen molar-refractivity contribution in [3.63, 3.8) is 0 Å². The van der Waals surface area contributed by atoms with Crippen molar-refractivity contribution in [1.82, 2.24) is 15.1 Å². The zero-order valence-electron chi connectivity index (χ0n) is 15.2. The molecule has 1 N–H and O–H groups in total. The van der Waals surface area contributed by atoms with Gasteiger partial charge < -0.3 is 14.8 Å². The van der Waals surface area contributed by atoms with Crippen LogP contribution in [-0.4, -0.2) is 28.9 Å². The molecule has 28 heavy (non-hydrogen) atoms. The molecule has 7 heteroatoms. The van der Waals surface area contributed by atoms with Gasteiger partial charge in [-0.1, -0.05) is 35.9 Å². The molecular weight excluding hydrogens is 378 g/mol. The normalized spacial score (nSPS) is 12.6. The largest absolute Gasteiger partial charge is 0.486 e. The van der Waals surface area contributed by atoms with Crippen LogP contribution in [-0.2, 0) is 24.3 Å². The van der Waals surface area contributed by atoms with Crippen LogP contribution in [0.15, 0.2) is 54.9 Å². The Kier molecular flexibility index (Phi) is 5.48. The van der Waals surface area contributed by atoms with Gasteiger partial charge in [0.15, 0.2) is 11.5 Å². The molecule has 2 aromatic carbocycles. The molecule has 144 valence electrons. The number of nitrogens with one attached hydrogen (secondary N) is 1. The van der Waals surface area contributed by atoms with Crippen LogP contribution in [0.5, 0.6) is 11.5 Å². The number of benzene rings is 2. The number of ether oxygens (including phenoxy) is 2. The summed E-state index contributed by atoms with van der Waals surface area (Å²) in [6, 6.07) is 13.5. The molecule has 1 aliphatic heterocycles. The summed E-state index contributed by atoms with van der Waals surface area (Å²) in [6.07, 6.45) is 3.89. The highest BCUT2D eigenvalue weighted by atomic mass is 35.5. The molecule has 1 aliphatic rings. The third-order valence-electron chi connectivity index (χ3n) is 4.51. The summed E-state index contributed by atoms with van der Waals surface area (Å²) in [5.41, 5.74) is 2.97. The van der Waals surface area contributed by atoms with E-state index < -0.39 is 0 Å². The number of fused-ring (bicyclic) bond motifs is 1. The number of halogens is 1. The first-order valence-corrected chi connectivity index (χ1v) is 9.46. The smallest absolute Gasteiger partial charge is 0.224 e. The molecule has 0 aliphatic carbocycles. The molecule has 0 unspecified atom stereocenters. The summed E-state index contributed by atoms with van der Waals surface area (Å²) in [5.74, 6) is 1.05. The Labute approximate surface area is 168 Å². The molecule has 0 saturated carbocycles. The predicted octanol–water partition coefficient (Wildman–Crippen LogP) is 3.21. The van der Waals surface area contributed by atoms with Gasteiger partial charge in [0, 0.05) is 18.9 Å². The van der Waals surface area contributed by atoms with Gasteiger partial charge in [-0.15, -0.1) is 0 Å². The molecule has 0 fully saturated rings. The zero-order chi connectivity index (χ0) is 19.3. The second kappa shape index (κ2) is 8.35. The lowest BCUT2D eigenvalue weighted by molar-refractivity contribution is -0.120. The average molecular weight is 398 g/mol. The molecule has 0 spiro atoms. The molecule has 0 atom stereocenters. The minimum atomic E-state index is -0.0818. The third kappa shape index (κ3) is 4.28. The van der Waals surface area contributed by atoms with E-state index in [1.54, 1.807) is 12.3 Å². The van der Waals surface area contributed by atoms with Crippen molar-refractivity contribution in [1.29, 1.82) is 0 Å². The lowest BCUT2D eigenvalue weighted by atomic mass is 10.1. The van der Waals surface area contributed by atoms with Crippen LogP contribution in [0.2, 0.25) is 5.02 Å². The molecule has 6 nitrogen and oxygen atoms in total. The maximum atomic E-state index is 12.4. The zero-order valence-corrected chi connectivity index (χ0v) is 16.0. The van der Waals surface area contributed by atoms with Crippen LogP contribution in [0.3, 0.4) is 0 Å². The maximum Gasteiger partial charge on any atom is 0.224 e. The van der Waals surface area contributed by atoms with Crippen LogP contribution in [0.4, 0.5) is 0 Å². The van der Waals surface area contributed by atoms with Crippen LogP contribution < -0.4 is 14.8 Å². The Morgan fingerprint density at radius 3 is 2.79 bits per heavy atom. The minimum Gasteiger partial charge on any atom is -0.486 e. The fourth-order valence-electron chi connectivity index (χ4n) is 3.16. The standard InChI is InChI=1S/C21H20ClN3O3/c22-18-10-15(11-19-21(18)28-9-8-27-19)12-20(26)23-13-16-4-1-2-5-17(16)14-25-7-3-6-24-25/h1-7,10-11H,8-9,12-14H2,(H,23,26). The van der Waals surface area contributed by atoms with Crippen molar-refractivity contribution < 1.29 is 14.3 Å². The highest BCUT2D eigenvalue weighted by molar-refractivity contribution is 6.32. The first kappa shape index (κ1) is 18.4. The molecule has 4 rings (SSSR count). The number of carbonyl (C=O) groups is 1. The van der Waals surface area contributed by atoms with Gasteiger partial charge in [0.05, 0.1) is 18.0 Å². The van der Waals surface area contributed by atoms with Gasteiger partial charge in [0.2, 0.25) is 5.91 Å². The Morgan fingerprint density at radius 1 is 1.14 bits per heavy atom. The number of amides is 1. The summed E-state index contributed by atoms with van der Waals surface area (Å²) in [4.78, 5) is 12.4. The van der Waals surface area contributed by atoms with Crippen LogP contribution >= 0.6 is 11.6 Å². The van der Waals surface area contributed by atoms with E-state index in [9.17, 15) is 4.79 Å². The van der Waals surface area contributed by atoms with Crippen molar-refractivity contribution in [3.05, 3.63) is 76.6 Å². The summed E-state index contributed by atoms with van der Waals surface area (Å²) >= 11 is 6.25. The van der Waals surface area contributed by atoms with Crippen molar-refractivity contribution >= 4 is 17.5 Å². The van der Waals surface area contributed by atoms with Crippen LogP contribution in [0, 0.1) is 0 Å². The monoisotopic (exact) mass is 397 g/mol. The van der Waals surface area contributed by atoms with Crippen molar-refractivity contribution in [2.75, 3.05) is 13.2 Å². The van der Waals surface area contributed by atoms with E-state index in [1.807, 2.05) is 47.3 Å². The lowest BCUT2D eigenvalue weighted by Crippen LogP contribution is -2.25. The SMILES string of the molecule is O=C(Cc1cc(Cl)c2c(c1)OCCO2)NCc1ccccc1Cn1cccn1. The quantitative estimate of drug-likeness (QED) is 0.693. The van der Waals surface area contributed by atoms with Gasteiger partial charge in [0.25, 0.3) is 0 Å². The van der Waals surface area contributed by atoms with Gasteiger partial charge >= 0.3 is 0 Å². The number of rotatable bonds is 6. The van der Waals surface area contributed by atoms with Gasteiger partial charge in [-0.2, -0.15) is 5.10 Å². The van der Waals surface area contributed by atoms with Gasteiger partial charge in [-0.25, -0.2) is 0 Å². The highest BCUT2D eigenvalue weighted by Crippen LogP contribution is 2.38. The fraction of sp³-hybridized carbons (Fsp3) is 0.238. The topological polar surface area (TPSA) is 65.4 Å². The van der Waals surface area contributed by atoms with E-state index in [4.69, 9.17) is 21.1 Å². The summed E-state index contributed by atoms with van der Waals surface area (Å²) in [6.45, 7) is 2.07. The Morgan fingerprint density at radius 2 is 1.96 bits per heavy atom. The number of aromatic nitrogens is 2. The van der Waals surface area contributed by atoms with Crippen LogP contribution in [0.25, 0.3) is 0 Å². The number of carbonyl (C=O) groups excluding carboxylic acids is 1. The molecular formula is C21H20ClN3O3. The summed E-state index contributed by atoms with van der Waals surface area (Å²) in [5, 5.41) is 7.69. The average Bonchev–Trinajstić information content (AvgIpc) is 3.20.